The van der Waals surface area contributed by atoms with Crippen molar-refractivity contribution >= 4 is 5.69 Å². The van der Waals surface area contributed by atoms with Crippen LogP contribution in [-0.4, -0.2) is 30.6 Å². The van der Waals surface area contributed by atoms with E-state index in [1.54, 1.807) is 0 Å². The van der Waals surface area contributed by atoms with Crippen molar-refractivity contribution in [2.45, 2.75) is 33.2 Å². The molecule has 0 amide bonds. The second-order valence-corrected chi connectivity index (χ2v) is 4.30. The largest absolute Gasteiger partial charge is 0.492 e. The van der Waals surface area contributed by atoms with Crippen molar-refractivity contribution in [3.8, 4) is 5.75 Å². The Morgan fingerprint density at radius 1 is 1.24 bits per heavy atom. The number of nitrogens with zero attached hydrogens (tertiary/aromatic N) is 1. The van der Waals surface area contributed by atoms with Gasteiger partial charge in [0.2, 0.25) is 0 Å². The highest BCUT2D eigenvalue weighted by Gasteiger charge is 2.09. The summed E-state index contributed by atoms with van der Waals surface area (Å²) >= 11 is 0. The van der Waals surface area contributed by atoms with Crippen LogP contribution in [0.25, 0.3) is 0 Å². The van der Waals surface area contributed by atoms with Gasteiger partial charge in [0, 0.05) is 18.3 Å². The third kappa shape index (κ3) is 4.65. The number of hydrogen-bond donors (Lipinski definition) is 1. The fraction of sp³-hybridized carbons (Fsp3) is 0.571. The molecule has 0 heterocycles. The number of benzene rings is 1. The molecule has 0 spiro atoms. The lowest BCUT2D eigenvalue weighted by molar-refractivity contribution is 0.171. The van der Waals surface area contributed by atoms with Crippen LogP contribution in [-0.2, 0) is 0 Å². The van der Waals surface area contributed by atoms with Gasteiger partial charge in [-0.25, -0.2) is 0 Å². The third-order valence-electron chi connectivity index (χ3n) is 3.15. The first-order chi connectivity index (χ1) is 8.17. The van der Waals surface area contributed by atoms with E-state index in [0.29, 0.717) is 6.04 Å². The Balaban J connectivity index is 2.33. The molecular weight excluding hydrogens is 212 g/mol. The summed E-state index contributed by atoms with van der Waals surface area (Å²) in [6.07, 6.45) is 1.18. The molecule has 0 radical (unpaired) electrons. The zero-order chi connectivity index (χ0) is 12.7. The lowest BCUT2D eigenvalue weighted by Gasteiger charge is -2.26. The Kier molecular flexibility index (Phi) is 5.84. The van der Waals surface area contributed by atoms with Crippen LogP contribution in [0.15, 0.2) is 24.3 Å². The van der Waals surface area contributed by atoms with E-state index in [-0.39, 0.29) is 0 Å². The van der Waals surface area contributed by atoms with E-state index in [4.69, 9.17) is 10.5 Å². The number of likely N-dealkylation sites (N-methyl/N-ethyl adjacent to an activating group) is 1. The molecule has 1 aromatic rings. The summed E-state index contributed by atoms with van der Waals surface area (Å²) in [5.41, 5.74) is 6.39. The first kappa shape index (κ1) is 13.8. The van der Waals surface area contributed by atoms with Crippen LogP contribution in [0.1, 0.15) is 27.2 Å². The van der Waals surface area contributed by atoms with Crippen molar-refractivity contribution < 1.29 is 4.74 Å². The molecule has 0 bridgehead atoms. The van der Waals surface area contributed by atoms with Gasteiger partial charge in [-0.3, -0.25) is 4.90 Å². The Labute approximate surface area is 105 Å². The first-order valence-corrected chi connectivity index (χ1v) is 6.39. The molecule has 2 N–H and O–H groups in total. The topological polar surface area (TPSA) is 38.5 Å². The minimum absolute atomic E-state index is 0.620. The van der Waals surface area contributed by atoms with Crippen LogP contribution in [0.4, 0.5) is 5.69 Å². The lowest BCUT2D eigenvalue weighted by atomic mass is 10.2. The molecule has 3 heteroatoms. The Morgan fingerprint density at radius 3 is 2.41 bits per heavy atom. The van der Waals surface area contributed by atoms with E-state index in [2.05, 4.69) is 25.7 Å². The number of rotatable bonds is 7. The smallest absolute Gasteiger partial charge is 0.119 e. The quantitative estimate of drug-likeness (QED) is 0.740. The van der Waals surface area contributed by atoms with Gasteiger partial charge in [-0.15, -0.1) is 0 Å². The van der Waals surface area contributed by atoms with Gasteiger partial charge >= 0.3 is 0 Å². The summed E-state index contributed by atoms with van der Waals surface area (Å²) in [7, 11) is 0. The highest BCUT2D eigenvalue weighted by Crippen LogP contribution is 2.13. The SMILES string of the molecule is CCC(C)N(CC)CCOc1ccc(N)cc1. The lowest BCUT2D eigenvalue weighted by Crippen LogP contribution is -2.35. The Morgan fingerprint density at radius 2 is 1.88 bits per heavy atom. The van der Waals surface area contributed by atoms with Crippen molar-refractivity contribution in [1.29, 1.82) is 0 Å². The predicted molar refractivity (Wildman–Crippen MR) is 73.3 cm³/mol. The van der Waals surface area contributed by atoms with Gasteiger partial charge in [0.25, 0.3) is 0 Å². The molecule has 1 aromatic carbocycles. The monoisotopic (exact) mass is 236 g/mol. The molecule has 0 aliphatic carbocycles. The summed E-state index contributed by atoms with van der Waals surface area (Å²) in [4.78, 5) is 2.43. The zero-order valence-electron chi connectivity index (χ0n) is 11.1. The number of nitrogens with two attached hydrogens (primary N) is 1. The van der Waals surface area contributed by atoms with Crippen molar-refractivity contribution in [3.63, 3.8) is 0 Å². The Bertz CT molecular complexity index is 311. The average molecular weight is 236 g/mol. The molecule has 1 rings (SSSR count). The first-order valence-electron chi connectivity index (χ1n) is 6.39. The second kappa shape index (κ2) is 7.17. The second-order valence-electron chi connectivity index (χ2n) is 4.30. The minimum atomic E-state index is 0.620. The highest BCUT2D eigenvalue weighted by atomic mass is 16.5. The maximum atomic E-state index is 5.69. The summed E-state index contributed by atoms with van der Waals surface area (Å²) in [5.74, 6) is 0.888. The molecule has 0 saturated carbocycles. The van der Waals surface area contributed by atoms with Crippen LogP contribution < -0.4 is 10.5 Å². The van der Waals surface area contributed by atoms with Crippen LogP contribution in [0.3, 0.4) is 0 Å². The van der Waals surface area contributed by atoms with E-state index in [9.17, 15) is 0 Å². The van der Waals surface area contributed by atoms with Gasteiger partial charge in [-0.2, -0.15) is 0 Å². The van der Waals surface area contributed by atoms with Gasteiger partial charge in [0.1, 0.15) is 12.4 Å². The molecule has 0 saturated heterocycles. The summed E-state index contributed by atoms with van der Waals surface area (Å²) < 4.78 is 5.69. The minimum Gasteiger partial charge on any atom is -0.492 e. The fourth-order valence-corrected chi connectivity index (χ4v) is 1.79. The molecule has 1 unspecified atom stereocenters. The van der Waals surface area contributed by atoms with E-state index < -0.39 is 0 Å². The molecule has 0 fully saturated rings. The molecule has 0 aliphatic heterocycles. The average Bonchev–Trinajstić information content (AvgIpc) is 2.36. The maximum Gasteiger partial charge on any atom is 0.119 e. The van der Waals surface area contributed by atoms with Gasteiger partial charge in [0.05, 0.1) is 0 Å². The van der Waals surface area contributed by atoms with E-state index in [1.807, 2.05) is 24.3 Å². The number of nitrogen functional groups attached to an aromatic ring is 1. The van der Waals surface area contributed by atoms with E-state index >= 15 is 0 Å². The van der Waals surface area contributed by atoms with Crippen LogP contribution in [0, 0.1) is 0 Å². The molecule has 3 nitrogen and oxygen atoms in total. The molecule has 96 valence electrons. The van der Waals surface area contributed by atoms with E-state index in [0.717, 1.165) is 31.1 Å². The number of anilines is 1. The molecule has 17 heavy (non-hydrogen) atoms. The predicted octanol–water partition coefficient (Wildman–Crippen LogP) is 2.77. The van der Waals surface area contributed by atoms with Crippen LogP contribution >= 0.6 is 0 Å². The molecule has 1 atom stereocenters. The summed E-state index contributed by atoms with van der Waals surface area (Å²) in [6, 6.07) is 8.17. The number of hydrogen-bond acceptors (Lipinski definition) is 3. The molecule has 0 aliphatic rings. The summed E-state index contributed by atoms with van der Waals surface area (Å²) in [5, 5.41) is 0. The zero-order valence-corrected chi connectivity index (χ0v) is 11.1. The Hall–Kier alpha value is -1.22. The van der Waals surface area contributed by atoms with Crippen molar-refractivity contribution in [1.82, 2.24) is 4.90 Å². The third-order valence-corrected chi connectivity index (χ3v) is 3.15. The summed E-state index contributed by atoms with van der Waals surface area (Å²) in [6.45, 7) is 9.42. The van der Waals surface area contributed by atoms with Gasteiger partial charge < -0.3 is 10.5 Å². The van der Waals surface area contributed by atoms with Gasteiger partial charge in [-0.05, 0) is 44.2 Å². The standard InChI is InChI=1S/C14H24N2O/c1-4-12(3)16(5-2)10-11-17-14-8-6-13(15)7-9-14/h6-9,12H,4-5,10-11,15H2,1-3H3. The molecule has 0 aromatic heterocycles. The highest BCUT2D eigenvalue weighted by molar-refractivity contribution is 5.41. The maximum absolute atomic E-state index is 5.69. The fourth-order valence-electron chi connectivity index (χ4n) is 1.79. The van der Waals surface area contributed by atoms with Crippen molar-refractivity contribution in [3.05, 3.63) is 24.3 Å². The van der Waals surface area contributed by atoms with Crippen molar-refractivity contribution in [2.24, 2.45) is 0 Å². The van der Waals surface area contributed by atoms with Crippen LogP contribution in [0.2, 0.25) is 0 Å². The van der Waals surface area contributed by atoms with Crippen molar-refractivity contribution in [2.75, 3.05) is 25.4 Å². The number of ether oxygens (including phenoxy) is 1. The van der Waals surface area contributed by atoms with E-state index in [1.165, 1.54) is 6.42 Å². The van der Waals surface area contributed by atoms with Gasteiger partial charge in [0.15, 0.2) is 0 Å². The van der Waals surface area contributed by atoms with Gasteiger partial charge in [-0.1, -0.05) is 13.8 Å². The molecular formula is C14H24N2O. The van der Waals surface area contributed by atoms with Crippen LogP contribution in [0.5, 0.6) is 5.75 Å². The normalized spacial score (nSPS) is 12.7.